The van der Waals surface area contributed by atoms with Gasteiger partial charge >= 0.3 is 0 Å². The molecule has 0 unspecified atom stereocenters. The number of hydrogen-bond donors (Lipinski definition) is 1. The van der Waals surface area contributed by atoms with Gasteiger partial charge in [-0.15, -0.1) is 0 Å². The van der Waals surface area contributed by atoms with Gasteiger partial charge in [0.2, 0.25) is 0 Å². The van der Waals surface area contributed by atoms with Crippen LogP contribution in [0.1, 0.15) is 13.8 Å². The molecule has 0 fully saturated rings. The van der Waals surface area contributed by atoms with Gasteiger partial charge < -0.3 is 10.5 Å². The van der Waals surface area contributed by atoms with Crippen LogP contribution in [-0.2, 0) is 0 Å². The second-order valence-corrected chi connectivity index (χ2v) is 3.87. The maximum Gasteiger partial charge on any atom is 0.138 e. The minimum Gasteiger partial charge on any atom is -0.490 e. The lowest BCUT2D eigenvalue weighted by molar-refractivity contribution is 0.240. The fourth-order valence-electron chi connectivity index (χ4n) is 0.780. The summed E-state index contributed by atoms with van der Waals surface area (Å²) in [6, 6.07) is 1.74. The highest BCUT2D eigenvalue weighted by Crippen LogP contribution is 2.22. The molecule has 1 rings (SSSR count). The minimum absolute atomic E-state index is 0.167. The van der Waals surface area contributed by atoms with Gasteiger partial charge in [-0.2, -0.15) is 0 Å². The second-order valence-electron chi connectivity index (χ2n) is 2.71. The molecular weight excluding hydrogens is 267 g/mol. The smallest absolute Gasteiger partial charge is 0.138 e. The largest absolute Gasteiger partial charge is 0.490 e. The Morgan fingerprint density at radius 2 is 2.25 bits per heavy atom. The van der Waals surface area contributed by atoms with Gasteiger partial charge in [0.05, 0.1) is 9.67 Å². The quantitative estimate of drug-likeness (QED) is 0.842. The van der Waals surface area contributed by atoms with E-state index < -0.39 is 0 Å². The van der Waals surface area contributed by atoms with E-state index in [0.29, 0.717) is 5.82 Å². The maximum atomic E-state index is 5.51. The summed E-state index contributed by atoms with van der Waals surface area (Å²) < 4.78 is 6.48. The molecule has 0 aliphatic rings. The lowest BCUT2D eigenvalue weighted by atomic mass is 10.4. The minimum atomic E-state index is 0.167. The maximum absolute atomic E-state index is 5.51. The molecule has 2 N–H and O–H groups in total. The van der Waals surface area contributed by atoms with Crippen molar-refractivity contribution >= 4 is 28.4 Å². The predicted molar refractivity (Wildman–Crippen MR) is 57.1 cm³/mol. The van der Waals surface area contributed by atoms with Crippen molar-refractivity contribution in [2.45, 2.75) is 20.0 Å². The summed E-state index contributed by atoms with van der Waals surface area (Å²) in [5.41, 5.74) is 5.51. The van der Waals surface area contributed by atoms with Gasteiger partial charge in [-0.1, -0.05) is 0 Å². The van der Waals surface area contributed by atoms with Crippen LogP contribution in [0.5, 0.6) is 5.75 Å². The van der Waals surface area contributed by atoms with Crippen molar-refractivity contribution in [1.82, 2.24) is 4.98 Å². The number of halogens is 1. The number of rotatable bonds is 2. The van der Waals surface area contributed by atoms with Gasteiger partial charge in [0.1, 0.15) is 11.6 Å². The summed E-state index contributed by atoms with van der Waals surface area (Å²) >= 11 is 2.17. The Morgan fingerprint density at radius 1 is 1.58 bits per heavy atom. The molecule has 0 saturated carbocycles. The number of nitrogens with zero attached hydrogens (tertiary/aromatic N) is 1. The first kappa shape index (κ1) is 9.57. The SMILES string of the molecule is CC(C)Oc1cc(N)ncc1I. The highest BCUT2D eigenvalue weighted by Gasteiger charge is 2.03. The zero-order chi connectivity index (χ0) is 9.14. The molecule has 0 aliphatic heterocycles. The van der Waals surface area contributed by atoms with Gasteiger partial charge in [-0.3, -0.25) is 0 Å². The van der Waals surface area contributed by atoms with Crippen LogP contribution in [0, 0.1) is 3.57 Å². The van der Waals surface area contributed by atoms with Crippen LogP contribution < -0.4 is 10.5 Å². The zero-order valence-corrected chi connectivity index (χ0v) is 9.20. The third-order valence-corrected chi connectivity index (χ3v) is 2.01. The standard InChI is InChI=1S/C8H11IN2O/c1-5(2)12-7-3-8(10)11-4-6(7)9/h3-5H,1-2H3,(H2,10,11). The molecule has 3 nitrogen and oxygen atoms in total. The Labute approximate surface area is 85.5 Å². The number of nitrogens with two attached hydrogens (primary N) is 1. The van der Waals surface area contributed by atoms with E-state index in [1.807, 2.05) is 13.8 Å². The topological polar surface area (TPSA) is 48.1 Å². The average molecular weight is 278 g/mol. The van der Waals surface area contributed by atoms with E-state index in [2.05, 4.69) is 27.6 Å². The molecule has 0 atom stereocenters. The Balaban J connectivity index is 2.90. The Morgan fingerprint density at radius 3 is 2.83 bits per heavy atom. The van der Waals surface area contributed by atoms with E-state index in [9.17, 15) is 0 Å². The van der Waals surface area contributed by atoms with Crippen LogP contribution in [-0.4, -0.2) is 11.1 Å². The van der Waals surface area contributed by atoms with Gasteiger partial charge in [0, 0.05) is 12.3 Å². The van der Waals surface area contributed by atoms with E-state index in [1.165, 1.54) is 0 Å². The van der Waals surface area contributed by atoms with Crippen molar-refractivity contribution in [2.24, 2.45) is 0 Å². The van der Waals surface area contributed by atoms with Gasteiger partial charge in [0.25, 0.3) is 0 Å². The molecule has 1 aromatic heterocycles. The highest BCUT2D eigenvalue weighted by atomic mass is 127. The van der Waals surface area contributed by atoms with Gasteiger partial charge in [-0.25, -0.2) is 4.98 Å². The van der Waals surface area contributed by atoms with E-state index in [1.54, 1.807) is 12.3 Å². The number of anilines is 1. The first-order valence-corrected chi connectivity index (χ1v) is 4.75. The van der Waals surface area contributed by atoms with Crippen LogP contribution in [0.15, 0.2) is 12.3 Å². The van der Waals surface area contributed by atoms with Crippen LogP contribution in [0.2, 0.25) is 0 Å². The molecule has 4 heteroatoms. The summed E-state index contributed by atoms with van der Waals surface area (Å²) in [5, 5.41) is 0. The van der Waals surface area contributed by atoms with Crippen LogP contribution >= 0.6 is 22.6 Å². The normalized spacial score (nSPS) is 10.3. The van der Waals surface area contributed by atoms with E-state index >= 15 is 0 Å². The zero-order valence-electron chi connectivity index (χ0n) is 7.04. The molecule has 1 heterocycles. The summed E-state index contributed by atoms with van der Waals surface area (Å²) in [6.07, 6.45) is 1.87. The lowest BCUT2D eigenvalue weighted by Gasteiger charge is -2.11. The van der Waals surface area contributed by atoms with Crippen molar-refractivity contribution in [3.8, 4) is 5.75 Å². The summed E-state index contributed by atoms with van der Waals surface area (Å²) in [5.74, 6) is 1.30. The third kappa shape index (κ3) is 2.51. The summed E-state index contributed by atoms with van der Waals surface area (Å²) in [7, 11) is 0. The Bertz CT molecular complexity index is 276. The van der Waals surface area contributed by atoms with Crippen molar-refractivity contribution in [3.63, 3.8) is 0 Å². The van der Waals surface area contributed by atoms with Gasteiger partial charge in [-0.05, 0) is 36.4 Å². The number of hydrogen-bond acceptors (Lipinski definition) is 3. The summed E-state index contributed by atoms with van der Waals surface area (Å²) in [4.78, 5) is 3.94. The van der Waals surface area contributed by atoms with Crippen molar-refractivity contribution in [2.75, 3.05) is 5.73 Å². The van der Waals surface area contributed by atoms with Crippen LogP contribution in [0.3, 0.4) is 0 Å². The Kier molecular flexibility index (Phi) is 3.13. The fourth-order valence-corrected chi connectivity index (χ4v) is 1.20. The van der Waals surface area contributed by atoms with E-state index in [4.69, 9.17) is 10.5 Å². The second kappa shape index (κ2) is 3.93. The molecule has 0 aromatic carbocycles. The Hall–Kier alpha value is -0.520. The molecule has 66 valence electrons. The molecule has 0 amide bonds. The van der Waals surface area contributed by atoms with Crippen molar-refractivity contribution < 1.29 is 4.74 Å². The number of aromatic nitrogens is 1. The third-order valence-electron chi connectivity index (χ3n) is 1.20. The highest BCUT2D eigenvalue weighted by molar-refractivity contribution is 14.1. The number of nitrogen functional groups attached to an aromatic ring is 1. The molecule has 12 heavy (non-hydrogen) atoms. The lowest BCUT2D eigenvalue weighted by Crippen LogP contribution is -2.07. The summed E-state index contributed by atoms with van der Waals surface area (Å²) in [6.45, 7) is 3.96. The molecule has 0 spiro atoms. The molecule has 0 radical (unpaired) electrons. The van der Waals surface area contributed by atoms with Crippen molar-refractivity contribution in [1.29, 1.82) is 0 Å². The van der Waals surface area contributed by atoms with Crippen LogP contribution in [0.25, 0.3) is 0 Å². The van der Waals surface area contributed by atoms with Crippen LogP contribution in [0.4, 0.5) is 5.82 Å². The van der Waals surface area contributed by atoms with Crippen molar-refractivity contribution in [3.05, 3.63) is 15.8 Å². The molecule has 0 saturated heterocycles. The number of ether oxygens (including phenoxy) is 1. The first-order chi connectivity index (χ1) is 5.59. The monoisotopic (exact) mass is 278 g/mol. The van der Waals surface area contributed by atoms with E-state index in [0.717, 1.165) is 9.32 Å². The predicted octanol–water partition coefficient (Wildman–Crippen LogP) is 2.06. The van der Waals surface area contributed by atoms with E-state index in [-0.39, 0.29) is 6.10 Å². The molecule has 0 bridgehead atoms. The molecule has 0 aliphatic carbocycles. The number of pyridine rings is 1. The molecular formula is C8H11IN2O. The fraction of sp³-hybridized carbons (Fsp3) is 0.375. The molecule has 1 aromatic rings. The average Bonchev–Trinajstić information content (AvgIpc) is 1.96. The first-order valence-electron chi connectivity index (χ1n) is 3.67. The van der Waals surface area contributed by atoms with Gasteiger partial charge in [0.15, 0.2) is 0 Å².